The van der Waals surface area contributed by atoms with Gasteiger partial charge in [-0.1, -0.05) is 30.8 Å². The number of hydrogen-bond acceptors (Lipinski definition) is 7. The predicted molar refractivity (Wildman–Crippen MR) is 126 cm³/mol. The molecule has 166 valence electrons. The van der Waals surface area contributed by atoms with E-state index in [1.807, 2.05) is 36.1 Å². The van der Waals surface area contributed by atoms with Crippen LogP contribution in [0, 0.1) is 0 Å². The Labute approximate surface area is 190 Å². The molecule has 2 aromatic rings. The zero-order chi connectivity index (χ0) is 22.8. The minimum absolute atomic E-state index is 0.181. The van der Waals surface area contributed by atoms with E-state index in [2.05, 4.69) is 10.3 Å². The maximum absolute atomic E-state index is 13.1. The van der Waals surface area contributed by atoms with Gasteiger partial charge in [-0.15, -0.1) is 0 Å². The lowest BCUT2D eigenvalue weighted by molar-refractivity contribution is -0.119. The van der Waals surface area contributed by atoms with Gasteiger partial charge in [-0.05, 0) is 37.6 Å². The molecular weight excluding hydrogens is 428 g/mol. The summed E-state index contributed by atoms with van der Waals surface area (Å²) in [5.74, 6) is 1.33. The smallest absolute Gasteiger partial charge is 0.270 e. The van der Waals surface area contributed by atoms with Gasteiger partial charge in [0, 0.05) is 11.6 Å². The van der Waals surface area contributed by atoms with Crippen LogP contribution in [0.3, 0.4) is 0 Å². The van der Waals surface area contributed by atoms with E-state index >= 15 is 0 Å². The third kappa shape index (κ3) is 3.95. The summed E-state index contributed by atoms with van der Waals surface area (Å²) in [6, 6.07) is 12.3. The fourth-order valence-corrected chi connectivity index (χ4v) is 4.65. The highest BCUT2D eigenvalue weighted by molar-refractivity contribution is 8.15. The van der Waals surface area contributed by atoms with Crippen molar-refractivity contribution in [2.24, 2.45) is 9.98 Å². The van der Waals surface area contributed by atoms with Crippen LogP contribution in [0.1, 0.15) is 25.8 Å². The van der Waals surface area contributed by atoms with Crippen LogP contribution < -0.4 is 14.8 Å². The van der Waals surface area contributed by atoms with E-state index in [-0.39, 0.29) is 11.8 Å². The van der Waals surface area contributed by atoms with Crippen LogP contribution in [0.4, 0.5) is 11.4 Å². The summed E-state index contributed by atoms with van der Waals surface area (Å²) in [7, 11) is 3.11. The van der Waals surface area contributed by atoms with Crippen molar-refractivity contribution >= 4 is 46.0 Å². The molecule has 0 fully saturated rings. The minimum Gasteiger partial charge on any atom is -0.497 e. The molecular formula is C23H24N4O4S. The summed E-state index contributed by atoms with van der Waals surface area (Å²) in [6.45, 7) is 3.74. The Morgan fingerprint density at radius 2 is 1.97 bits per heavy atom. The molecule has 0 aliphatic carbocycles. The predicted octanol–water partition coefficient (Wildman–Crippen LogP) is 3.83. The summed E-state index contributed by atoms with van der Waals surface area (Å²) in [5.41, 5.74) is 2.11. The Bertz CT molecular complexity index is 1130. The molecule has 32 heavy (non-hydrogen) atoms. The minimum atomic E-state index is -0.466. The Kier molecular flexibility index (Phi) is 6.18. The number of benzene rings is 2. The van der Waals surface area contributed by atoms with Crippen molar-refractivity contribution in [3.63, 3.8) is 0 Å². The molecule has 2 amide bonds. The number of ether oxygens (including phenoxy) is 2. The molecule has 2 atom stereocenters. The Hall–Kier alpha value is -3.33. The maximum Gasteiger partial charge on any atom is 0.270 e. The molecule has 2 aromatic carbocycles. The van der Waals surface area contributed by atoms with Gasteiger partial charge in [0.05, 0.1) is 30.8 Å². The number of nitrogens with zero attached hydrogens (tertiary/aromatic N) is 3. The van der Waals surface area contributed by atoms with Crippen LogP contribution in [-0.4, -0.2) is 53.2 Å². The number of hydrogen-bond donors (Lipinski definition) is 1. The second-order valence-corrected chi connectivity index (χ2v) is 8.47. The second-order valence-electron chi connectivity index (χ2n) is 7.30. The topological polar surface area (TPSA) is 92.6 Å². The molecule has 0 aromatic heterocycles. The van der Waals surface area contributed by atoms with E-state index in [0.717, 1.165) is 11.3 Å². The Morgan fingerprint density at radius 3 is 2.69 bits per heavy atom. The average molecular weight is 453 g/mol. The van der Waals surface area contributed by atoms with Gasteiger partial charge in [-0.25, -0.2) is 4.99 Å². The fraction of sp³-hybridized carbons (Fsp3) is 0.304. The number of amides is 2. The second kappa shape index (κ2) is 9.04. The van der Waals surface area contributed by atoms with E-state index < -0.39 is 11.3 Å². The number of carbonyl (C=O) groups is 2. The van der Waals surface area contributed by atoms with E-state index in [0.29, 0.717) is 34.6 Å². The number of carbonyl (C=O) groups excluding carboxylic acids is 2. The van der Waals surface area contributed by atoms with E-state index in [1.54, 1.807) is 32.2 Å². The number of fused-ring (bicyclic) bond motifs is 3. The number of amidine groups is 2. The van der Waals surface area contributed by atoms with Crippen molar-refractivity contribution in [3.8, 4) is 11.5 Å². The lowest BCUT2D eigenvalue weighted by Gasteiger charge is -2.30. The molecule has 0 spiro atoms. The number of nitrogens with one attached hydrogen (secondary N) is 1. The molecule has 2 heterocycles. The van der Waals surface area contributed by atoms with E-state index in [1.165, 1.54) is 18.9 Å². The Morgan fingerprint density at radius 1 is 1.19 bits per heavy atom. The summed E-state index contributed by atoms with van der Waals surface area (Å²) < 4.78 is 10.6. The van der Waals surface area contributed by atoms with Crippen LogP contribution in [0.15, 0.2) is 52.4 Å². The highest BCUT2D eigenvalue weighted by Gasteiger charge is 2.40. The lowest BCUT2D eigenvalue weighted by atomic mass is 10.1. The van der Waals surface area contributed by atoms with Gasteiger partial charge in [-0.2, -0.15) is 4.99 Å². The third-order valence-corrected chi connectivity index (χ3v) is 6.66. The summed E-state index contributed by atoms with van der Waals surface area (Å²) >= 11 is 1.33. The molecule has 2 unspecified atom stereocenters. The van der Waals surface area contributed by atoms with Crippen LogP contribution in [0.2, 0.25) is 0 Å². The van der Waals surface area contributed by atoms with Crippen molar-refractivity contribution in [1.29, 1.82) is 0 Å². The first-order chi connectivity index (χ1) is 15.5. The lowest BCUT2D eigenvalue weighted by Crippen LogP contribution is -2.43. The normalized spacial score (nSPS) is 17.7. The monoisotopic (exact) mass is 452 g/mol. The van der Waals surface area contributed by atoms with Crippen molar-refractivity contribution < 1.29 is 19.1 Å². The number of anilines is 1. The van der Waals surface area contributed by atoms with Crippen molar-refractivity contribution in [3.05, 3.63) is 48.0 Å². The molecule has 8 nitrogen and oxygen atoms in total. The first kappa shape index (κ1) is 21.9. The first-order valence-corrected chi connectivity index (χ1v) is 11.1. The molecule has 0 saturated carbocycles. The number of rotatable bonds is 6. The van der Waals surface area contributed by atoms with Gasteiger partial charge in [0.2, 0.25) is 5.91 Å². The molecule has 9 heteroatoms. The van der Waals surface area contributed by atoms with Gasteiger partial charge < -0.3 is 14.8 Å². The zero-order valence-corrected chi connectivity index (χ0v) is 19.1. The van der Waals surface area contributed by atoms with Crippen LogP contribution in [0.5, 0.6) is 11.5 Å². The zero-order valence-electron chi connectivity index (χ0n) is 18.3. The Balaban J connectivity index is 1.60. The summed E-state index contributed by atoms with van der Waals surface area (Å²) in [4.78, 5) is 36.3. The number of methoxy groups -OCH3 is 2. The molecule has 2 aliphatic rings. The number of para-hydroxylation sites is 1. The van der Waals surface area contributed by atoms with Crippen LogP contribution >= 0.6 is 11.8 Å². The van der Waals surface area contributed by atoms with Gasteiger partial charge in [-0.3, -0.25) is 14.5 Å². The van der Waals surface area contributed by atoms with Crippen molar-refractivity contribution in [2.45, 2.75) is 31.6 Å². The first-order valence-electron chi connectivity index (χ1n) is 10.3. The molecule has 0 saturated heterocycles. The highest BCUT2D eigenvalue weighted by atomic mass is 32.2. The van der Waals surface area contributed by atoms with Gasteiger partial charge in [0.1, 0.15) is 23.4 Å². The van der Waals surface area contributed by atoms with Gasteiger partial charge in [0.25, 0.3) is 5.91 Å². The summed E-state index contributed by atoms with van der Waals surface area (Å²) in [5, 5.41) is 3.09. The van der Waals surface area contributed by atoms with Crippen molar-refractivity contribution in [1.82, 2.24) is 4.90 Å². The number of aliphatic imine (C=N–C) groups is 2. The quantitative estimate of drug-likeness (QED) is 0.716. The van der Waals surface area contributed by atoms with Crippen molar-refractivity contribution in [2.75, 3.05) is 19.5 Å². The molecule has 2 aliphatic heterocycles. The largest absolute Gasteiger partial charge is 0.497 e. The number of thioether (sulfide) groups is 1. The van der Waals surface area contributed by atoms with Crippen LogP contribution in [-0.2, 0) is 9.59 Å². The molecule has 1 N–H and O–H groups in total. The SMILES string of the molecule is CCC(SC1=Nc2ccccc2C2=NC(=O)C(C)N12)C(=O)Nc1ccc(OC)cc1OC. The summed E-state index contributed by atoms with van der Waals surface area (Å²) in [6.07, 6.45) is 0.568. The molecule has 4 rings (SSSR count). The van der Waals surface area contributed by atoms with E-state index in [9.17, 15) is 9.59 Å². The maximum atomic E-state index is 13.1. The average Bonchev–Trinajstić information content (AvgIpc) is 3.12. The molecule has 0 bridgehead atoms. The van der Waals surface area contributed by atoms with Gasteiger partial charge >= 0.3 is 0 Å². The molecule has 0 radical (unpaired) electrons. The standard InChI is InChI=1S/C23H24N4O4S/c1-5-19(22(29)24-17-11-10-14(30-3)12-18(17)31-4)32-23-25-16-9-7-6-8-15(16)20-26-21(28)13(2)27(20)23/h6-13,19H,5H2,1-4H3,(H,24,29). The fourth-order valence-electron chi connectivity index (χ4n) is 3.56. The third-order valence-electron chi connectivity index (χ3n) is 5.33. The highest BCUT2D eigenvalue weighted by Crippen LogP contribution is 2.36. The van der Waals surface area contributed by atoms with Gasteiger partial charge in [0.15, 0.2) is 5.17 Å². The van der Waals surface area contributed by atoms with E-state index in [4.69, 9.17) is 14.5 Å². The van der Waals surface area contributed by atoms with Crippen LogP contribution in [0.25, 0.3) is 0 Å².